The molecule has 0 unspecified atom stereocenters. The molecule has 0 aromatic rings. The third kappa shape index (κ3) is 6.25. The topological polar surface area (TPSA) is 36.9 Å². The summed E-state index contributed by atoms with van der Waals surface area (Å²) in [4.78, 5) is 0. The summed E-state index contributed by atoms with van der Waals surface area (Å²) >= 11 is 0. The van der Waals surface area contributed by atoms with Crippen molar-refractivity contribution >= 4 is 14.2 Å². The van der Waals surface area contributed by atoms with Gasteiger partial charge in [-0.15, -0.1) is 0 Å². The number of unbranched alkanes of at least 4 members (excludes halogenated alkanes) is 1. The Hall–Kier alpha value is -0.0701. The first-order valence-electron chi connectivity index (χ1n) is 12.2. The number of quaternary nitrogens is 1. The van der Waals surface area contributed by atoms with Crippen LogP contribution in [0.1, 0.15) is 88.0 Å². The zero-order valence-electron chi connectivity index (χ0n) is 21.6. The highest BCUT2D eigenvalue weighted by atomic mass is 16.7. The van der Waals surface area contributed by atoms with Gasteiger partial charge in [0, 0.05) is 0 Å². The van der Waals surface area contributed by atoms with Crippen molar-refractivity contribution < 1.29 is 23.1 Å². The van der Waals surface area contributed by atoms with Crippen LogP contribution in [0.2, 0.25) is 12.6 Å². The number of hydrogen-bond acceptors (Lipinski definition) is 4. The molecule has 7 heteroatoms. The largest absolute Gasteiger partial charge is 0.458 e. The fourth-order valence-electron chi connectivity index (χ4n) is 4.32. The first-order chi connectivity index (χ1) is 13.6. The van der Waals surface area contributed by atoms with E-state index >= 15 is 0 Å². The van der Waals surface area contributed by atoms with Gasteiger partial charge in [0.2, 0.25) is 0 Å². The van der Waals surface area contributed by atoms with Gasteiger partial charge >= 0.3 is 14.2 Å². The van der Waals surface area contributed by atoms with E-state index in [4.69, 9.17) is 18.6 Å². The van der Waals surface area contributed by atoms with Crippen molar-refractivity contribution in [3.8, 4) is 0 Å². The summed E-state index contributed by atoms with van der Waals surface area (Å²) < 4.78 is 25.8. The Morgan fingerprint density at radius 1 is 0.567 bits per heavy atom. The fraction of sp³-hybridized carbons (Fsp3) is 1.00. The number of nitrogens with zero attached hydrogens (tertiary/aromatic N) is 1. The van der Waals surface area contributed by atoms with E-state index < -0.39 is 0 Å². The summed E-state index contributed by atoms with van der Waals surface area (Å²) in [7, 11) is 2.24. The number of hydrogen-bond donors (Lipinski definition) is 0. The highest BCUT2D eigenvalue weighted by Crippen LogP contribution is 2.39. The van der Waals surface area contributed by atoms with Crippen molar-refractivity contribution in [2.45, 2.75) is 123 Å². The molecule has 174 valence electrons. The summed E-state index contributed by atoms with van der Waals surface area (Å²) in [6.07, 6.45) is 6.67. The molecule has 0 N–H and O–H groups in total. The Labute approximate surface area is 187 Å². The van der Waals surface area contributed by atoms with E-state index in [1.54, 1.807) is 0 Å². The van der Waals surface area contributed by atoms with Crippen molar-refractivity contribution in [1.29, 1.82) is 0 Å². The van der Waals surface area contributed by atoms with Gasteiger partial charge in [0.15, 0.2) is 0 Å². The minimum atomic E-state index is -0.235. The van der Waals surface area contributed by atoms with Crippen LogP contribution in [0.5, 0.6) is 0 Å². The maximum Gasteiger partial charge on any atom is 0.458 e. The molecule has 0 saturated carbocycles. The Kier molecular flexibility index (Phi) is 8.23. The van der Waals surface area contributed by atoms with E-state index in [-0.39, 0.29) is 36.6 Å². The molecule has 5 nitrogen and oxygen atoms in total. The van der Waals surface area contributed by atoms with Gasteiger partial charge < -0.3 is 23.1 Å². The van der Waals surface area contributed by atoms with Crippen LogP contribution in [0.25, 0.3) is 0 Å². The molecule has 30 heavy (non-hydrogen) atoms. The molecule has 2 fully saturated rings. The zero-order valence-corrected chi connectivity index (χ0v) is 21.6. The van der Waals surface area contributed by atoms with Gasteiger partial charge in [-0.2, -0.15) is 0 Å². The molecular weight excluding hydrogens is 376 g/mol. The molecule has 0 amide bonds. The maximum atomic E-state index is 6.19. The summed E-state index contributed by atoms with van der Waals surface area (Å²) in [5, 5.41) is 0. The molecule has 0 radical (unpaired) electrons. The summed E-state index contributed by atoms with van der Waals surface area (Å²) in [5.41, 5.74) is -0.941. The van der Waals surface area contributed by atoms with Gasteiger partial charge in [0.25, 0.3) is 0 Å². The van der Waals surface area contributed by atoms with Crippen LogP contribution in [0.15, 0.2) is 0 Å². The lowest BCUT2D eigenvalue weighted by molar-refractivity contribution is -0.909. The van der Waals surface area contributed by atoms with Crippen molar-refractivity contribution in [3.05, 3.63) is 0 Å². The lowest BCUT2D eigenvalue weighted by Gasteiger charge is -2.35. The molecular formula is C23H48B2NO4+. The van der Waals surface area contributed by atoms with E-state index in [0.29, 0.717) is 0 Å². The van der Waals surface area contributed by atoms with Crippen LogP contribution in [0.3, 0.4) is 0 Å². The van der Waals surface area contributed by atoms with Crippen LogP contribution in [-0.2, 0) is 18.6 Å². The van der Waals surface area contributed by atoms with Crippen LogP contribution in [0, 0.1) is 0 Å². The number of rotatable bonds is 11. The van der Waals surface area contributed by atoms with Gasteiger partial charge in [-0.25, -0.2) is 0 Å². The first-order valence-corrected chi connectivity index (χ1v) is 12.2. The highest BCUT2D eigenvalue weighted by Gasteiger charge is 2.51. The minimum Gasteiger partial charge on any atom is -0.403 e. The smallest absolute Gasteiger partial charge is 0.403 e. The molecule has 2 heterocycles. The van der Waals surface area contributed by atoms with Crippen LogP contribution in [-0.4, -0.2) is 67.8 Å². The maximum absolute atomic E-state index is 6.19. The zero-order chi connectivity index (χ0) is 22.8. The van der Waals surface area contributed by atoms with E-state index in [2.05, 4.69) is 69.4 Å². The second-order valence-corrected chi connectivity index (χ2v) is 11.8. The minimum absolute atomic E-state index is 0.0839. The van der Waals surface area contributed by atoms with Crippen molar-refractivity contribution in [1.82, 2.24) is 0 Å². The van der Waals surface area contributed by atoms with Crippen LogP contribution >= 0.6 is 0 Å². The Morgan fingerprint density at radius 2 is 0.867 bits per heavy atom. The van der Waals surface area contributed by atoms with Crippen LogP contribution < -0.4 is 0 Å². The van der Waals surface area contributed by atoms with E-state index in [1.807, 2.05) is 0 Å². The quantitative estimate of drug-likeness (QED) is 0.338. The Balaban J connectivity index is 1.81. The monoisotopic (exact) mass is 424 g/mol. The second kappa shape index (κ2) is 9.43. The lowest BCUT2D eigenvalue weighted by atomic mass is 9.82. The van der Waals surface area contributed by atoms with E-state index in [0.717, 1.165) is 43.1 Å². The molecule has 2 aliphatic heterocycles. The van der Waals surface area contributed by atoms with Gasteiger partial charge in [0.05, 0.1) is 49.1 Å². The molecule has 2 aliphatic rings. The third-order valence-corrected chi connectivity index (χ3v) is 7.93. The van der Waals surface area contributed by atoms with Crippen LogP contribution in [0.4, 0.5) is 0 Å². The highest BCUT2D eigenvalue weighted by molar-refractivity contribution is 6.45. The molecule has 0 atom stereocenters. The molecule has 2 rings (SSSR count). The predicted octanol–water partition coefficient (Wildman–Crippen LogP) is 5.20. The lowest BCUT2D eigenvalue weighted by Crippen LogP contribution is -2.46. The van der Waals surface area contributed by atoms with Crippen molar-refractivity contribution in [2.24, 2.45) is 0 Å². The fourth-order valence-corrected chi connectivity index (χ4v) is 4.32. The van der Waals surface area contributed by atoms with Gasteiger partial charge in [0.1, 0.15) is 0 Å². The van der Waals surface area contributed by atoms with E-state index in [9.17, 15) is 0 Å². The average molecular weight is 424 g/mol. The average Bonchev–Trinajstić information content (AvgIpc) is 2.91. The molecule has 0 aliphatic carbocycles. The molecule has 0 aromatic heterocycles. The standard InChI is InChI=1S/C23H48B2NO4/c1-11-12-17-26(10,18-13-15-24-27-20(2,3)21(4,5)28-24)19-14-16-25-29-22(6,7)23(8,9)30-25/h11-19H2,1-10H3/q+1. The third-order valence-electron chi connectivity index (χ3n) is 7.93. The molecule has 0 aromatic carbocycles. The van der Waals surface area contributed by atoms with Crippen molar-refractivity contribution in [2.75, 3.05) is 26.7 Å². The van der Waals surface area contributed by atoms with Gasteiger partial charge in [-0.3, -0.25) is 0 Å². The molecule has 0 bridgehead atoms. The molecule has 0 spiro atoms. The second-order valence-electron chi connectivity index (χ2n) is 11.8. The molecule has 2 saturated heterocycles. The van der Waals surface area contributed by atoms with Gasteiger partial charge in [-0.05, 0) is 87.3 Å². The Morgan fingerprint density at radius 3 is 1.17 bits per heavy atom. The van der Waals surface area contributed by atoms with Gasteiger partial charge in [-0.1, -0.05) is 13.3 Å². The predicted molar refractivity (Wildman–Crippen MR) is 127 cm³/mol. The Bertz CT molecular complexity index is 491. The summed E-state index contributed by atoms with van der Waals surface area (Å²) in [6.45, 7) is 22.9. The SMILES string of the molecule is CCCC[N+](C)(CCCB1OC(C)(C)C(C)(C)O1)CCCB1OC(C)(C)C(C)(C)O1. The summed E-state index contributed by atoms with van der Waals surface area (Å²) in [6, 6.07) is 0. The summed E-state index contributed by atoms with van der Waals surface area (Å²) in [5.74, 6) is 0. The normalized spacial score (nSPS) is 24.6. The van der Waals surface area contributed by atoms with E-state index in [1.165, 1.54) is 19.4 Å². The first kappa shape index (κ1) is 26.2. The van der Waals surface area contributed by atoms with Crippen molar-refractivity contribution in [3.63, 3.8) is 0 Å².